The van der Waals surface area contributed by atoms with Gasteiger partial charge in [0.15, 0.2) is 0 Å². The number of aliphatic hydroxyl groups excluding tert-OH is 1. The average molecular weight is 279 g/mol. The summed E-state index contributed by atoms with van der Waals surface area (Å²) in [6.45, 7) is -0.00633. The fraction of sp³-hybridized carbons (Fsp3) is 0.231. The lowest BCUT2D eigenvalue weighted by atomic mass is 10.1. The van der Waals surface area contributed by atoms with Crippen molar-refractivity contribution in [1.29, 1.82) is 0 Å². The Labute approximate surface area is 115 Å². The quantitative estimate of drug-likeness (QED) is 0.444. The number of carbonyl (C=O) groups excluding carboxylic acids is 2. The van der Waals surface area contributed by atoms with Gasteiger partial charge in [-0.15, -0.1) is 0 Å². The first-order chi connectivity index (χ1) is 9.54. The minimum absolute atomic E-state index is 0.103. The molecule has 0 saturated carbocycles. The maximum Gasteiger partial charge on any atom is 0.312 e. The van der Waals surface area contributed by atoms with E-state index in [9.17, 15) is 14.0 Å². The van der Waals surface area contributed by atoms with Gasteiger partial charge in [0.1, 0.15) is 12.4 Å². The second-order valence-corrected chi connectivity index (χ2v) is 3.70. The van der Waals surface area contributed by atoms with Crippen molar-refractivity contribution in [1.82, 2.24) is 10.6 Å². The molecule has 106 valence electrons. The molecule has 1 aromatic carbocycles. The Hall–Kier alpha value is -2.59. The third-order valence-electron chi connectivity index (χ3n) is 2.24. The van der Waals surface area contributed by atoms with Crippen LogP contribution in [0.1, 0.15) is 15.9 Å². The predicted molar refractivity (Wildman–Crippen MR) is 70.3 cm³/mol. The van der Waals surface area contributed by atoms with E-state index in [1.54, 1.807) is 0 Å². The SMILES string of the molecule is NC(=O)NCCNC(=O)c1ccc(C#CCO)c(F)c1. The number of nitrogens with two attached hydrogens (primary N) is 1. The molecule has 0 aliphatic rings. The molecule has 0 aliphatic carbocycles. The summed E-state index contributed by atoms with van der Waals surface area (Å²) < 4.78 is 13.6. The normalized spacial score (nSPS) is 9.30. The maximum absolute atomic E-state index is 13.6. The van der Waals surface area contributed by atoms with E-state index in [4.69, 9.17) is 10.8 Å². The summed E-state index contributed by atoms with van der Waals surface area (Å²) in [6, 6.07) is 3.14. The number of aliphatic hydroxyl groups is 1. The monoisotopic (exact) mass is 279 g/mol. The second-order valence-electron chi connectivity index (χ2n) is 3.70. The highest BCUT2D eigenvalue weighted by atomic mass is 19.1. The topological polar surface area (TPSA) is 104 Å². The molecule has 6 nitrogen and oxygen atoms in total. The van der Waals surface area contributed by atoms with Crippen molar-refractivity contribution in [2.75, 3.05) is 19.7 Å². The summed E-state index contributed by atoms with van der Waals surface area (Å²) in [4.78, 5) is 22.1. The molecule has 20 heavy (non-hydrogen) atoms. The number of halogens is 1. The summed E-state index contributed by atoms with van der Waals surface area (Å²) in [6.07, 6.45) is 0. The van der Waals surface area contributed by atoms with E-state index in [2.05, 4.69) is 22.5 Å². The lowest BCUT2D eigenvalue weighted by Gasteiger charge is -2.06. The molecule has 0 unspecified atom stereocenters. The summed E-state index contributed by atoms with van der Waals surface area (Å²) in [5.74, 6) is 3.63. The molecule has 3 amide bonds. The molecular formula is C13H14FN3O3. The molecular weight excluding hydrogens is 265 g/mol. The van der Waals surface area contributed by atoms with Crippen molar-refractivity contribution < 1.29 is 19.1 Å². The van der Waals surface area contributed by atoms with Gasteiger partial charge in [-0.3, -0.25) is 4.79 Å². The first-order valence-corrected chi connectivity index (χ1v) is 5.75. The van der Waals surface area contributed by atoms with Crippen molar-refractivity contribution >= 4 is 11.9 Å². The zero-order chi connectivity index (χ0) is 15.0. The summed E-state index contributed by atoms with van der Waals surface area (Å²) in [5.41, 5.74) is 5.09. The molecule has 0 aliphatic heterocycles. The van der Waals surface area contributed by atoms with Crippen LogP contribution in [0.5, 0.6) is 0 Å². The summed E-state index contributed by atoms with van der Waals surface area (Å²) >= 11 is 0. The van der Waals surface area contributed by atoms with Crippen LogP contribution in [-0.4, -0.2) is 36.7 Å². The Morgan fingerprint density at radius 1 is 1.30 bits per heavy atom. The molecule has 1 rings (SSSR count). The van der Waals surface area contributed by atoms with Crippen LogP contribution < -0.4 is 16.4 Å². The molecule has 0 fully saturated rings. The van der Waals surface area contributed by atoms with Gasteiger partial charge in [0.2, 0.25) is 0 Å². The van der Waals surface area contributed by atoms with Gasteiger partial charge < -0.3 is 21.5 Å². The van der Waals surface area contributed by atoms with Crippen LogP contribution in [0.2, 0.25) is 0 Å². The smallest absolute Gasteiger partial charge is 0.312 e. The minimum atomic E-state index is -0.683. The number of hydrogen-bond donors (Lipinski definition) is 4. The van der Waals surface area contributed by atoms with Crippen LogP contribution >= 0.6 is 0 Å². The van der Waals surface area contributed by atoms with Crippen LogP contribution in [0.15, 0.2) is 18.2 Å². The number of urea groups is 1. The van der Waals surface area contributed by atoms with Gasteiger partial charge in [-0.25, -0.2) is 9.18 Å². The standard InChI is InChI=1S/C13H14FN3O3/c14-11-8-10(4-3-9(11)2-1-7-18)12(19)16-5-6-17-13(15)20/h3-4,8,18H,5-7H2,(H,16,19)(H3,15,17,20). The van der Waals surface area contributed by atoms with Crippen LogP contribution in [0, 0.1) is 17.7 Å². The first-order valence-electron chi connectivity index (χ1n) is 5.75. The fourth-order valence-electron chi connectivity index (χ4n) is 1.36. The van der Waals surface area contributed by atoms with Crippen molar-refractivity contribution in [3.05, 3.63) is 35.1 Å². The number of primary amides is 1. The highest BCUT2D eigenvalue weighted by molar-refractivity contribution is 5.94. The molecule has 7 heteroatoms. The number of rotatable bonds is 4. The average Bonchev–Trinajstić information content (AvgIpc) is 2.41. The van der Waals surface area contributed by atoms with Crippen LogP contribution in [0.3, 0.4) is 0 Å². The van der Waals surface area contributed by atoms with Crippen molar-refractivity contribution in [3.63, 3.8) is 0 Å². The van der Waals surface area contributed by atoms with Gasteiger partial charge in [-0.1, -0.05) is 11.8 Å². The predicted octanol–water partition coefficient (Wildman–Crippen LogP) is -0.432. The van der Waals surface area contributed by atoms with E-state index in [1.807, 2.05) is 0 Å². The molecule has 0 atom stereocenters. The first kappa shape index (κ1) is 15.5. The van der Waals surface area contributed by atoms with Gasteiger partial charge in [0.25, 0.3) is 5.91 Å². The molecule has 0 bridgehead atoms. The molecule has 0 spiro atoms. The van der Waals surface area contributed by atoms with E-state index in [0.717, 1.165) is 6.07 Å². The molecule has 0 saturated heterocycles. The van der Waals surface area contributed by atoms with E-state index >= 15 is 0 Å². The fourth-order valence-corrected chi connectivity index (χ4v) is 1.36. The van der Waals surface area contributed by atoms with Gasteiger partial charge in [0, 0.05) is 18.7 Å². The van der Waals surface area contributed by atoms with E-state index in [-0.39, 0.29) is 30.8 Å². The lowest BCUT2D eigenvalue weighted by Crippen LogP contribution is -2.37. The van der Waals surface area contributed by atoms with Crippen LogP contribution in [0.25, 0.3) is 0 Å². The summed E-state index contributed by atoms with van der Waals surface area (Å²) in [5, 5.41) is 13.3. The van der Waals surface area contributed by atoms with Crippen molar-refractivity contribution in [2.24, 2.45) is 5.73 Å². The van der Waals surface area contributed by atoms with Gasteiger partial charge in [-0.2, -0.15) is 0 Å². The van der Waals surface area contributed by atoms with Crippen LogP contribution in [0.4, 0.5) is 9.18 Å². The van der Waals surface area contributed by atoms with E-state index in [1.165, 1.54) is 12.1 Å². The Morgan fingerprint density at radius 2 is 2.00 bits per heavy atom. The Morgan fingerprint density at radius 3 is 2.60 bits per heavy atom. The number of amides is 3. The second kappa shape index (κ2) is 7.76. The minimum Gasteiger partial charge on any atom is -0.384 e. The lowest BCUT2D eigenvalue weighted by molar-refractivity contribution is 0.0953. The zero-order valence-corrected chi connectivity index (χ0v) is 10.6. The number of benzene rings is 1. The van der Waals surface area contributed by atoms with E-state index in [0.29, 0.717) is 0 Å². The third kappa shape index (κ3) is 4.96. The van der Waals surface area contributed by atoms with E-state index < -0.39 is 17.8 Å². The van der Waals surface area contributed by atoms with Gasteiger partial charge in [-0.05, 0) is 18.2 Å². The van der Waals surface area contributed by atoms with Gasteiger partial charge >= 0.3 is 6.03 Å². The molecule has 1 aromatic rings. The number of hydrogen-bond acceptors (Lipinski definition) is 3. The Kier molecular flexibility index (Phi) is 6.00. The zero-order valence-electron chi connectivity index (χ0n) is 10.6. The highest BCUT2D eigenvalue weighted by Crippen LogP contribution is 2.09. The van der Waals surface area contributed by atoms with Crippen LogP contribution in [-0.2, 0) is 0 Å². The molecule has 5 N–H and O–H groups in total. The Bertz CT molecular complexity index is 564. The molecule has 0 radical (unpaired) electrons. The molecule has 0 heterocycles. The summed E-state index contributed by atoms with van der Waals surface area (Å²) in [7, 11) is 0. The number of carbonyl (C=O) groups is 2. The number of nitrogens with one attached hydrogen (secondary N) is 2. The van der Waals surface area contributed by atoms with Gasteiger partial charge in [0.05, 0.1) is 5.56 Å². The van der Waals surface area contributed by atoms with Crippen molar-refractivity contribution in [3.8, 4) is 11.8 Å². The molecule has 0 aromatic heterocycles. The maximum atomic E-state index is 13.6. The highest BCUT2D eigenvalue weighted by Gasteiger charge is 2.08. The third-order valence-corrected chi connectivity index (χ3v) is 2.24. The Balaban J connectivity index is 2.61. The van der Waals surface area contributed by atoms with Crippen molar-refractivity contribution in [2.45, 2.75) is 0 Å². The largest absolute Gasteiger partial charge is 0.384 e.